The van der Waals surface area contributed by atoms with E-state index in [0.717, 1.165) is 40.3 Å². The normalized spacial score (nSPS) is 19.4. The molecule has 2 aromatic carbocycles. The molecule has 0 saturated carbocycles. The van der Waals surface area contributed by atoms with Crippen molar-refractivity contribution in [2.75, 3.05) is 20.1 Å². The Morgan fingerprint density at radius 3 is 2.75 bits per heavy atom. The first-order valence-corrected chi connectivity index (χ1v) is 7.60. The maximum atomic E-state index is 12.3. The molecule has 0 spiro atoms. The number of likely N-dealkylation sites (tertiary alicyclic amines) is 1. The highest BCUT2D eigenvalue weighted by Gasteiger charge is 2.21. The summed E-state index contributed by atoms with van der Waals surface area (Å²) in [5.41, 5.74) is 0.731. The van der Waals surface area contributed by atoms with Gasteiger partial charge < -0.3 is 10.2 Å². The van der Waals surface area contributed by atoms with Crippen LogP contribution in [0.1, 0.15) is 16.8 Å². The Kier molecular flexibility index (Phi) is 3.76. The number of carbonyl (C=O) groups is 1. The molecule has 1 fully saturated rings. The van der Waals surface area contributed by atoms with Crippen LogP contribution in [0, 0.1) is 0 Å². The van der Waals surface area contributed by atoms with Gasteiger partial charge >= 0.3 is 0 Å². The standard InChI is InChI=1S/C16H17BrN2O/c1-19-7-6-15(10-19)18-16(20)13-3-2-12-9-14(17)5-4-11(12)8-13/h2-5,8-9,15H,6-7,10H2,1H3,(H,18,20). The Bertz CT molecular complexity index is 656. The van der Waals surface area contributed by atoms with Gasteiger partial charge in [-0.25, -0.2) is 0 Å². The minimum absolute atomic E-state index is 0.0233. The van der Waals surface area contributed by atoms with Crippen LogP contribution in [0.2, 0.25) is 0 Å². The summed E-state index contributed by atoms with van der Waals surface area (Å²) in [6.45, 7) is 1.99. The zero-order valence-electron chi connectivity index (χ0n) is 11.4. The Labute approximate surface area is 127 Å². The number of halogens is 1. The Morgan fingerprint density at radius 1 is 1.25 bits per heavy atom. The van der Waals surface area contributed by atoms with E-state index in [2.05, 4.69) is 39.3 Å². The fourth-order valence-electron chi connectivity index (χ4n) is 2.68. The largest absolute Gasteiger partial charge is 0.348 e. The summed E-state index contributed by atoms with van der Waals surface area (Å²) in [4.78, 5) is 14.5. The van der Waals surface area contributed by atoms with Crippen LogP contribution in [0.4, 0.5) is 0 Å². The number of likely N-dealkylation sites (N-methyl/N-ethyl adjacent to an activating group) is 1. The molecule has 1 atom stereocenters. The lowest BCUT2D eigenvalue weighted by atomic mass is 10.1. The number of nitrogens with zero attached hydrogens (tertiary/aromatic N) is 1. The zero-order chi connectivity index (χ0) is 14.1. The maximum absolute atomic E-state index is 12.3. The first-order valence-electron chi connectivity index (χ1n) is 6.80. The van der Waals surface area contributed by atoms with Gasteiger partial charge in [0.05, 0.1) is 0 Å². The van der Waals surface area contributed by atoms with Crippen LogP contribution in [0.5, 0.6) is 0 Å². The third-order valence-corrected chi connectivity index (χ3v) is 4.28. The average molecular weight is 333 g/mol. The third-order valence-electron chi connectivity index (χ3n) is 3.79. The lowest BCUT2D eigenvalue weighted by Crippen LogP contribution is -2.36. The van der Waals surface area contributed by atoms with E-state index in [-0.39, 0.29) is 11.9 Å². The summed E-state index contributed by atoms with van der Waals surface area (Å²) in [7, 11) is 2.08. The monoisotopic (exact) mass is 332 g/mol. The molecule has 1 amide bonds. The van der Waals surface area contributed by atoms with Crippen LogP contribution in [0.25, 0.3) is 10.8 Å². The molecule has 1 aliphatic heterocycles. The van der Waals surface area contributed by atoms with Gasteiger partial charge in [-0.05, 0) is 55.1 Å². The SMILES string of the molecule is CN1CCC(NC(=O)c2ccc3cc(Br)ccc3c2)C1. The van der Waals surface area contributed by atoms with E-state index in [4.69, 9.17) is 0 Å². The van der Waals surface area contributed by atoms with Gasteiger partial charge in [-0.3, -0.25) is 4.79 Å². The van der Waals surface area contributed by atoms with Gasteiger partial charge in [0.1, 0.15) is 0 Å². The van der Waals surface area contributed by atoms with Crippen molar-refractivity contribution in [2.45, 2.75) is 12.5 Å². The third kappa shape index (κ3) is 2.86. The van der Waals surface area contributed by atoms with E-state index in [1.54, 1.807) is 0 Å². The summed E-state index contributed by atoms with van der Waals surface area (Å²) in [6, 6.07) is 12.2. The highest BCUT2D eigenvalue weighted by molar-refractivity contribution is 9.10. The summed E-state index contributed by atoms with van der Waals surface area (Å²) < 4.78 is 1.05. The minimum Gasteiger partial charge on any atom is -0.348 e. The summed E-state index contributed by atoms with van der Waals surface area (Å²) in [5.74, 6) is 0.0233. The molecule has 1 unspecified atom stereocenters. The zero-order valence-corrected chi connectivity index (χ0v) is 13.0. The van der Waals surface area contributed by atoms with E-state index in [1.165, 1.54) is 0 Å². The highest BCUT2D eigenvalue weighted by atomic mass is 79.9. The molecule has 1 N–H and O–H groups in total. The van der Waals surface area contributed by atoms with E-state index < -0.39 is 0 Å². The minimum atomic E-state index is 0.0233. The molecule has 1 heterocycles. The number of nitrogens with one attached hydrogen (secondary N) is 1. The number of benzene rings is 2. The predicted molar refractivity (Wildman–Crippen MR) is 85.0 cm³/mol. The van der Waals surface area contributed by atoms with Crippen LogP contribution in [-0.4, -0.2) is 37.0 Å². The Morgan fingerprint density at radius 2 is 2.00 bits per heavy atom. The van der Waals surface area contributed by atoms with Crippen LogP contribution < -0.4 is 5.32 Å². The molecule has 0 radical (unpaired) electrons. The molecule has 0 aromatic heterocycles. The Balaban J connectivity index is 1.79. The fraction of sp³-hybridized carbons (Fsp3) is 0.312. The smallest absolute Gasteiger partial charge is 0.251 e. The second kappa shape index (κ2) is 5.54. The highest BCUT2D eigenvalue weighted by Crippen LogP contribution is 2.21. The van der Waals surface area contributed by atoms with Crippen LogP contribution in [0.3, 0.4) is 0 Å². The molecule has 20 heavy (non-hydrogen) atoms. The molecule has 0 bridgehead atoms. The van der Waals surface area contributed by atoms with Crippen LogP contribution in [-0.2, 0) is 0 Å². The number of amides is 1. The van der Waals surface area contributed by atoms with Gasteiger partial charge in [0.2, 0.25) is 0 Å². The molecule has 3 rings (SSSR count). The van der Waals surface area contributed by atoms with Crippen molar-refractivity contribution in [3.8, 4) is 0 Å². The molecule has 104 valence electrons. The molecule has 2 aromatic rings. The second-order valence-corrected chi connectivity index (χ2v) is 6.34. The Hall–Kier alpha value is -1.39. The van der Waals surface area contributed by atoms with Gasteiger partial charge in [0.25, 0.3) is 5.91 Å². The summed E-state index contributed by atoms with van der Waals surface area (Å²) in [6.07, 6.45) is 1.03. The van der Waals surface area contributed by atoms with Gasteiger partial charge in [0, 0.05) is 22.6 Å². The molecular formula is C16H17BrN2O. The first-order chi connectivity index (χ1) is 9.61. The van der Waals surface area contributed by atoms with Crippen molar-refractivity contribution >= 4 is 32.6 Å². The number of fused-ring (bicyclic) bond motifs is 1. The van der Waals surface area contributed by atoms with Crippen molar-refractivity contribution in [1.82, 2.24) is 10.2 Å². The van der Waals surface area contributed by atoms with Crippen molar-refractivity contribution < 1.29 is 4.79 Å². The van der Waals surface area contributed by atoms with Gasteiger partial charge in [-0.1, -0.05) is 28.1 Å². The molecule has 3 nitrogen and oxygen atoms in total. The van der Waals surface area contributed by atoms with Crippen molar-refractivity contribution in [2.24, 2.45) is 0 Å². The average Bonchev–Trinajstić information content (AvgIpc) is 2.83. The second-order valence-electron chi connectivity index (χ2n) is 5.43. The molecule has 4 heteroatoms. The number of rotatable bonds is 2. The van der Waals surface area contributed by atoms with Gasteiger partial charge in [-0.15, -0.1) is 0 Å². The maximum Gasteiger partial charge on any atom is 0.251 e. The van der Waals surface area contributed by atoms with Crippen molar-refractivity contribution in [3.05, 3.63) is 46.4 Å². The lowest BCUT2D eigenvalue weighted by molar-refractivity contribution is 0.0938. The molecule has 1 aliphatic rings. The van der Waals surface area contributed by atoms with Crippen molar-refractivity contribution in [3.63, 3.8) is 0 Å². The predicted octanol–water partition coefficient (Wildman–Crippen LogP) is 3.04. The van der Waals surface area contributed by atoms with E-state index in [0.29, 0.717) is 0 Å². The summed E-state index contributed by atoms with van der Waals surface area (Å²) in [5, 5.41) is 5.33. The summed E-state index contributed by atoms with van der Waals surface area (Å²) >= 11 is 3.46. The topological polar surface area (TPSA) is 32.3 Å². The number of hydrogen-bond acceptors (Lipinski definition) is 2. The lowest BCUT2D eigenvalue weighted by Gasteiger charge is -2.13. The van der Waals surface area contributed by atoms with Crippen LogP contribution >= 0.6 is 15.9 Å². The van der Waals surface area contributed by atoms with Gasteiger partial charge in [0.15, 0.2) is 0 Å². The van der Waals surface area contributed by atoms with E-state index in [1.807, 2.05) is 30.3 Å². The fourth-order valence-corrected chi connectivity index (χ4v) is 3.06. The molecule has 0 aliphatic carbocycles. The van der Waals surface area contributed by atoms with Gasteiger partial charge in [-0.2, -0.15) is 0 Å². The number of carbonyl (C=O) groups excluding carboxylic acids is 1. The van der Waals surface area contributed by atoms with Crippen LogP contribution in [0.15, 0.2) is 40.9 Å². The van der Waals surface area contributed by atoms with E-state index in [9.17, 15) is 4.79 Å². The quantitative estimate of drug-likeness (QED) is 0.916. The van der Waals surface area contributed by atoms with Crippen molar-refractivity contribution in [1.29, 1.82) is 0 Å². The molecular weight excluding hydrogens is 316 g/mol. The number of hydrogen-bond donors (Lipinski definition) is 1. The first kappa shape index (κ1) is 13.6. The van der Waals surface area contributed by atoms with E-state index >= 15 is 0 Å². The molecule has 1 saturated heterocycles.